The predicted octanol–water partition coefficient (Wildman–Crippen LogP) is 3.41. The smallest absolute Gasteiger partial charge is 0.0906 e. The van der Waals surface area contributed by atoms with Crippen LogP contribution in [0.1, 0.15) is 29.0 Å². The molecule has 0 saturated carbocycles. The minimum Gasteiger partial charge on any atom is -0.411 e. The summed E-state index contributed by atoms with van der Waals surface area (Å²) in [4.78, 5) is 2.44. The van der Waals surface area contributed by atoms with E-state index in [1.54, 1.807) is 0 Å². The van der Waals surface area contributed by atoms with E-state index in [1.165, 1.54) is 23.2 Å². The average molecular weight is 278 g/mol. The van der Waals surface area contributed by atoms with E-state index in [0.29, 0.717) is 5.92 Å². The number of hydrogen-bond acceptors (Lipinski definition) is 3. The lowest BCUT2D eigenvalue weighted by molar-refractivity contribution is 0.317. The Labute approximate surface area is 124 Å². The zero-order valence-corrected chi connectivity index (χ0v) is 11.9. The molecular weight excluding hydrogens is 260 g/mol. The number of anilines is 1. The van der Waals surface area contributed by atoms with Gasteiger partial charge in [0.15, 0.2) is 0 Å². The van der Waals surface area contributed by atoms with Crippen LogP contribution < -0.4 is 4.90 Å². The molecule has 0 bridgehead atoms. The maximum atomic E-state index is 9.16. The molecule has 2 aromatic carbocycles. The van der Waals surface area contributed by atoms with E-state index < -0.39 is 0 Å². The second-order valence-electron chi connectivity index (χ2n) is 5.86. The van der Waals surface area contributed by atoms with Crippen LogP contribution in [0.4, 0.5) is 5.69 Å². The van der Waals surface area contributed by atoms with Crippen molar-refractivity contribution < 1.29 is 5.21 Å². The summed E-state index contributed by atoms with van der Waals surface area (Å²) in [5, 5.41) is 12.6. The molecule has 0 radical (unpaired) electrons. The highest BCUT2D eigenvalue weighted by atomic mass is 16.4. The number of para-hydroxylation sites is 1. The van der Waals surface area contributed by atoms with Gasteiger partial charge in [-0.2, -0.15) is 0 Å². The van der Waals surface area contributed by atoms with Crippen molar-refractivity contribution in [2.45, 2.75) is 18.8 Å². The molecule has 4 rings (SSSR count). The molecule has 1 aliphatic carbocycles. The fraction of sp³-hybridized carbons (Fsp3) is 0.278. The topological polar surface area (TPSA) is 35.8 Å². The van der Waals surface area contributed by atoms with E-state index in [-0.39, 0.29) is 0 Å². The Morgan fingerprint density at radius 1 is 1.10 bits per heavy atom. The van der Waals surface area contributed by atoms with Crippen molar-refractivity contribution in [1.82, 2.24) is 0 Å². The van der Waals surface area contributed by atoms with Gasteiger partial charge >= 0.3 is 0 Å². The van der Waals surface area contributed by atoms with Crippen molar-refractivity contribution in [2.24, 2.45) is 5.16 Å². The molecule has 3 heteroatoms. The van der Waals surface area contributed by atoms with Crippen molar-refractivity contribution in [3.63, 3.8) is 0 Å². The molecule has 0 amide bonds. The van der Waals surface area contributed by atoms with Crippen LogP contribution >= 0.6 is 0 Å². The Morgan fingerprint density at radius 2 is 1.90 bits per heavy atom. The van der Waals surface area contributed by atoms with Gasteiger partial charge in [-0.3, -0.25) is 0 Å². The van der Waals surface area contributed by atoms with Gasteiger partial charge in [0.2, 0.25) is 0 Å². The molecular formula is C18H18N2O. The lowest BCUT2D eigenvalue weighted by atomic mass is 9.77. The van der Waals surface area contributed by atoms with Crippen molar-refractivity contribution in [3.05, 3.63) is 65.2 Å². The van der Waals surface area contributed by atoms with Gasteiger partial charge in [0, 0.05) is 36.7 Å². The Bertz CT molecular complexity index is 708. The fourth-order valence-corrected chi connectivity index (χ4v) is 3.57. The van der Waals surface area contributed by atoms with E-state index >= 15 is 0 Å². The van der Waals surface area contributed by atoms with Crippen LogP contribution in [0, 0.1) is 0 Å². The highest BCUT2D eigenvalue weighted by Gasteiger charge is 2.30. The number of benzene rings is 2. The van der Waals surface area contributed by atoms with E-state index in [1.807, 2.05) is 12.1 Å². The Hall–Kier alpha value is -2.29. The first-order valence-electron chi connectivity index (χ1n) is 7.50. The summed E-state index contributed by atoms with van der Waals surface area (Å²) in [5.41, 5.74) is 6.05. The van der Waals surface area contributed by atoms with Gasteiger partial charge in [-0.1, -0.05) is 47.6 Å². The largest absolute Gasteiger partial charge is 0.411 e. The number of nitrogens with zero attached hydrogens (tertiary/aromatic N) is 2. The van der Waals surface area contributed by atoms with Crippen LogP contribution in [-0.4, -0.2) is 24.0 Å². The molecule has 0 spiro atoms. The minimum atomic E-state index is 0.627. The first-order chi connectivity index (χ1) is 10.4. The van der Waals surface area contributed by atoms with Crippen LogP contribution in [0.15, 0.2) is 53.7 Å². The monoisotopic (exact) mass is 278 g/mol. The third kappa shape index (κ3) is 2.00. The Balaban J connectivity index is 1.60. The molecule has 21 heavy (non-hydrogen) atoms. The van der Waals surface area contributed by atoms with Crippen molar-refractivity contribution in [3.8, 4) is 0 Å². The van der Waals surface area contributed by atoms with E-state index in [2.05, 4.69) is 46.5 Å². The molecule has 0 aromatic heterocycles. The van der Waals surface area contributed by atoms with E-state index in [0.717, 1.165) is 30.8 Å². The quantitative estimate of drug-likeness (QED) is 0.675. The lowest BCUT2D eigenvalue weighted by Gasteiger charge is -2.38. The molecule has 1 N–H and O–H groups in total. The highest BCUT2D eigenvalue weighted by Crippen LogP contribution is 2.37. The molecule has 1 heterocycles. The van der Waals surface area contributed by atoms with Gasteiger partial charge < -0.3 is 10.1 Å². The van der Waals surface area contributed by atoms with Gasteiger partial charge in [0.1, 0.15) is 0 Å². The molecule has 2 aromatic rings. The van der Waals surface area contributed by atoms with Crippen LogP contribution in [0.2, 0.25) is 0 Å². The SMILES string of the molecule is ON=C1CCN(CC2Cc3ccccc32)c2ccccc21. The molecule has 2 aliphatic rings. The average Bonchev–Trinajstić information content (AvgIpc) is 2.52. The summed E-state index contributed by atoms with van der Waals surface area (Å²) in [5.74, 6) is 0.627. The second-order valence-corrected chi connectivity index (χ2v) is 5.86. The van der Waals surface area contributed by atoms with Crippen molar-refractivity contribution in [1.29, 1.82) is 0 Å². The van der Waals surface area contributed by atoms with Crippen LogP contribution in [-0.2, 0) is 6.42 Å². The summed E-state index contributed by atoms with van der Waals surface area (Å²) in [6.45, 7) is 1.97. The second kappa shape index (κ2) is 4.92. The zero-order valence-electron chi connectivity index (χ0n) is 11.9. The van der Waals surface area contributed by atoms with E-state index in [4.69, 9.17) is 5.21 Å². The van der Waals surface area contributed by atoms with Crippen LogP contribution in [0.3, 0.4) is 0 Å². The predicted molar refractivity (Wildman–Crippen MR) is 84.5 cm³/mol. The first-order valence-corrected chi connectivity index (χ1v) is 7.50. The van der Waals surface area contributed by atoms with Gasteiger partial charge in [0.25, 0.3) is 0 Å². The number of oxime groups is 1. The normalized spacial score (nSPS) is 21.6. The lowest BCUT2D eigenvalue weighted by Crippen LogP contribution is -2.38. The third-order valence-electron chi connectivity index (χ3n) is 4.70. The summed E-state index contributed by atoms with van der Waals surface area (Å²) in [7, 11) is 0. The molecule has 1 unspecified atom stereocenters. The summed E-state index contributed by atoms with van der Waals surface area (Å²) < 4.78 is 0. The Kier molecular flexibility index (Phi) is 2.92. The minimum absolute atomic E-state index is 0.627. The van der Waals surface area contributed by atoms with Gasteiger partial charge in [-0.25, -0.2) is 0 Å². The molecule has 1 atom stereocenters. The number of hydrogen-bond donors (Lipinski definition) is 1. The third-order valence-corrected chi connectivity index (χ3v) is 4.70. The standard InChI is InChI=1S/C18H18N2O/c21-19-17-9-10-20(18-8-4-3-7-16(17)18)12-14-11-13-5-1-2-6-15(13)14/h1-8,14,21H,9-12H2. The summed E-state index contributed by atoms with van der Waals surface area (Å²) >= 11 is 0. The highest BCUT2D eigenvalue weighted by molar-refractivity contribution is 6.06. The van der Waals surface area contributed by atoms with Gasteiger partial charge in [-0.15, -0.1) is 0 Å². The Morgan fingerprint density at radius 3 is 2.76 bits per heavy atom. The van der Waals surface area contributed by atoms with E-state index in [9.17, 15) is 0 Å². The molecule has 1 aliphatic heterocycles. The van der Waals surface area contributed by atoms with Gasteiger partial charge in [-0.05, 0) is 23.6 Å². The molecule has 106 valence electrons. The maximum Gasteiger partial charge on any atom is 0.0906 e. The van der Waals surface area contributed by atoms with Gasteiger partial charge in [0.05, 0.1) is 5.71 Å². The molecule has 0 fully saturated rings. The van der Waals surface area contributed by atoms with Crippen molar-refractivity contribution >= 4 is 11.4 Å². The van der Waals surface area contributed by atoms with Crippen LogP contribution in [0.5, 0.6) is 0 Å². The zero-order chi connectivity index (χ0) is 14.2. The maximum absolute atomic E-state index is 9.16. The van der Waals surface area contributed by atoms with Crippen LogP contribution in [0.25, 0.3) is 0 Å². The summed E-state index contributed by atoms with van der Waals surface area (Å²) in [6, 6.07) is 17.0. The van der Waals surface area contributed by atoms with Crippen molar-refractivity contribution in [2.75, 3.05) is 18.0 Å². The number of fused-ring (bicyclic) bond motifs is 2. The number of rotatable bonds is 2. The summed E-state index contributed by atoms with van der Waals surface area (Å²) in [6.07, 6.45) is 1.98. The first kappa shape index (κ1) is 12.5. The fourth-order valence-electron chi connectivity index (χ4n) is 3.57. The molecule has 0 saturated heterocycles. The molecule has 3 nitrogen and oxygen atoms in total.